The number of H-pyrrole nitrogens is 2. The monoisotopic (exact) mass is 329 g/mol. The predicted octanol–water partition coefficient (Wildman–Crippen LogP) is 2.42. The zero-order valence-corrected chi connectivity index (χ0v) is 11.6. The number of nitriles is 1. The maximum absolute atomic E-state index is 9.07. The highest BCUT2D eigenvalue weighted by Gasteiger charge is 2.06. The van der Waals surface area contributed by atoms with Gasteiger partial charge in [-0.15, -0.1) is 10.2 Å². The minimum absolute atomic E-state index is 0.252. The molecular weight excluding hydrogens is 322 g/mol. The summed E-state index contributed by atoms with van der Waals surface area (Å²) in [6.45, 7) is 0. The van der Waals surface area contributed by atoms with Crippen molar-refractivity contribution >= 4 is 38.1 Å². The molecule has 7 nitrogen and oxygen atoms in total. The lowest BCUT2D eigenvalue weighted by Crippen LogP contribution is -1.93. The van der Waals surface area contributed by atoms with Crippen molar-refractivity contribution in [2.45, 2.75) is 0 Å². The average Bonchev–Trinajstić information content (AvgIpc) is 3.10. The van der Waals surface area contributed by atoms with Crippen LogP contribution in [0.25, 0.3) is 16.5 Å². The number of halogens is 1. The normalized spacial score (nSPS) is 11.5. The van der Waals surface area contributed by atoms with Gasteiger partial charge < -0.3 is 10.3 Å². The van der Waals surface area contributed by atoms with Crippen molar-refractivity contribution in [2.24, 2.45) is 0 Å². The van der Waals surface area contributed by atoms with E-state index in [-0.39, 0.29) is 5.82 Å². The molecule has 3 rings (SSSR count). The van der Waals surface area contributed by atoms with Crippen LogP contribution in [0.3, 0.4) is 0 Å². The predicted molar refractivity (Wildman–Crippen MR) is 77.4 cm³/mol. The Morgan fingerprint density at radius 1 is 1.45 bits per heavy atom. The second-order valence-corrected chi connectivity index (χ2v) is 4.80. The van der Waals surface area contributed by atoms with Crippen molar-refractivity contribution in [3.8, 4) is 6.07 Å². The minimum Gasteiger partial charge on any atom is -0.360 e. The van der Waals surface area contributed by atoms with Crippen LogP contribution >= 0.6 is 15.9 Å². The number of nitrogens with zero attached hydrogens (tertiary/aromatic N) is 4. The summed E-state index contributed by atoms with van der Waals surface area (Å²) in [6.07, 6.45) is 3.42. The van der Waals surface area contributed by atoms with Crippen LogP contribution in [0.4, 0.5) is 5.69 Å². The summed E-state index contributed by atoms with van der Waals surface area (Å²) in [5.74, 6) is 0.252. The van der Waals surface area contributed by atoms with Crippen molar-refractivity contribution < 1.29 is 0 Å². The number of nitrogens with one attached hydrogen (secondary N) is 3. The highest BCUT2D eigenvalue weighted by atomic mass is 79.9. The van der Waals surface area contributed by atoms with Crippen molar-refractivity contribution in [1.29, 1.82) is 5.26 Å². The average molecular weight is 330 g/mol. The van der Waals surface area contributed by atoms with E-state index in [4.69, 9.17) is 5.26 Å². The Kier molecular flexibility index (Phi) is 3.18. The number of tetrazole rings is 1. The number of aromatic amines is 2. The lowest BCUT2D eigenvalue weighted by atomic mass is 10.2. The number of fused-ring (bicyclic) bond motifs is 1. The summed E-state index contributed by atoms with van der Waals surface area (Å²) in [7, 11) is 0. The van der Waals surface area contributed by atoms with Crippen LogP contribution in [0.15, 0.2) is 35.1 Å². The topological polar surface area (TPSA) is 106 Å². The zero-order chi connectivity index (χ0) is 13.9. The number of allylic oxidation sites excluding steroid dienone is 1. The summed E-state index contributed by atoms with van der Waals surface area (Å²) in [4.78, 5) is 3.14. The van der Waals surface area contributed by atoms with Gasteiger partial charge in [0.05, 0.1) is 5.52 Å². The second kappa shape index (κ2) is 5.14. The summed E-state index contributed by atoms with van der Waals surface area (Å²) in [6, 6.07) is 7.88. The molecule has 20 heavy (non-hydrogen) atoms. The minimum atomic E-state index is 0.252. The second-order valence-electron chi connectivity index (χ2n) is 3.95. The molecule has 98 valence electrons. The third kappa shape index (κ3) is 2.26. The van der Waals surface area contributed by atoms with E-state index in [1.54, 1.807) is 6.20 Å². The first-order chi connectivity index (χ1) is 9.78. The summed E-state index contributed by atoms with van der Waals surface area (Å²) < 4.78 is 0.939. The zero-order valence-electron chi connectivity index (χ0n) is 10.1. The van der Waals surface area contributed by atoms with Gasteiger partial charge in [-0.05, 0) is 39.3 Å². The molecule has 8 heteroatoms. The first kappa shape index (κ1) is 12.4. The SMILES string of the molecule is N#CC(=CNc1cc(Br)c2[nH]ccc2c1)c1nn[nH]n1. The highest BCUT2D eigenvalue weighted by molar-refractivity contribution is 9.10. The van der Waals surface area contributed by atoms with Gasteiger partial charge in [-0.25, -0.2) is 0 Å². The third-order valence-corrected chi connectivity index (χ3v) is 3.33. The van der Waals surface area contributed by atoms with Gasteiger partial charge in [0.25, 0.3) is 0 Å². The molecule has 0 fully saturated rings. The van der Waals surface area contributed by atoms with Gasteiger partial charge in [-0.2, -0.15) is 10.5 Å². The number of aromatic nitrogens is 5. The van der Waals surface area contributed by atoms with Gasteiger partial charge in [0.1, 0.15) is 11.6 Å². The van der Waals surface area contributed by atoms with Crippen LogP contribution in [0.2, 0.25) is 0 Å². The number of anilines is 1. The van der Waals surface area contributed by atoms with Gasteiger partial charge in [-0.3, -0.25) is 0 Å². The van der Waals surface area contributed by atoms with Crippen LogP contribution in [-0.2, 0) is 0 Å². The van der Waals surface area contributed by atoms with Crippen LogP contribution < -0.4 is 5.32 Å². The van der Waals surface area contributed by atoms with Gasteiger partial charge in [-0.1, -0.05) is 0 Å². The number of rotatable bonds is 3. The lowest BCUT2D eigenvalue weighted by molar-refractivity contribution is 0.881. The van der Waals surface area contributed by atoms with E-state index in [9.17, 15) is 0 Å². The molecule has 0 spiro atoms. The number of benzene rings is 1. The van der Waals surface area contributed by atoms with Crippen molar-refractivity contribution in [3.05, 3.63) is 40.9 Å². The Hall–Kier alpha value is -2.66. The summed E-state index contributed by atoms with van der Waals surface area (Å²) in [5, 5.41) is 26.5. The molecule has 2 aromatic heterocycles. The Bertz CT molecular complexity index is 810. The fraction of sp³-hybridized carbons (Fsp3) is 0. The number of hydrogen-bond donors (Lipinski definition) is 3. The molecule has 3 aromatic rings. The molecule has 0 bridgehead atoms. The molecule has 0 atom stereocenters. The fourth-order valence-electron chi connectivity index (χ4n) is 1.79. The molecular formula is C12H8BrN7. The van der Waals surface area contributed by atoms with Crippen molar-refractivity contribution in [2.75, 3.05) is 5.32 Å². The van der Waals surface area contributed by atoms with E-state index in [0.717, 1.165) is 21.1 Å². The molecule has 1 aromatic carbocycles. The van der Waals surface area contributed by atoms with Gasteiger partial charge in [0, 0.05) is 27.9 Å². The Balaban J connectivity index is 1.91. The molecule has 0 aliphatic heterocycles. The smallest absolute Gasteiger partial charge is 0.216 e. The maximum Gasteiger partial charge on any atom is 0.216 e. The van der Waals surface area contributed by atoms with Crippen LogP contribution in [0.5, 0.6) is 0 Å². The van der Waals surface area contributed by atoms with E-state index in [1.165, 1.54) is 0 Å². The Morgan fingerprint density at radius 3 is 3.10 bits per heavy atom. The third-order valence-electron chi connectivity index (χ3n) is 2.70. The van der Waals surface area contributed by atoms with Crippen molar-refractivity contribution in [3.63, 3.8) is 0 Å². The Morgan fingerprint density at radius 2 is 2.35 bits per heavy atom. The molecule has 0 aliphatic carbocycles. The molecule has 0 saturated carbocycles. The Labute approximate surface area is 121 Å². The maximum atomic E-state index is 9.07. The van der Waals surface area contributed by atoms with Gasteiger partial charge >= 0.3 is 0 Å². The van der Waals surface area contributed by atoms with E-state index in [2.05, 4.69) is 46.9 Å². The van der Waals surface area contributed by atoms with Gasteiger partial charge in [0.15, 0.2) is 0 Å². The molecule has 2 heterocycles. The molecule has 3 N–H and O–H groups in total. The van der Waals surface area contributed by atoms with Crippen LogP contribution in [0, 0.1) is 11.3 Å². The molecule has 0 saturated heterocycles. The van der Waals surface area contributed by atoms with E-state index in [1.807, 2.05) is 30.5 Å². The molecule has 0 aliphatic rings. The molecule has 0 amide bonds. The van der Waals surface area contributed by atoms with E-state index < -0.39 is 0 Å². The van der Waals surface area contributed by atoms with Gasteiger partial charge in [0.2, 0.25) is 5.82 Å². The molecule has 0 radical (unpaired) electrons. The number of hydrogen-bond acceptors (Lipinski definition) is 5. The van der Waals surface area contributed by atoms with Crippen LogP contribution in [0.1, 0.15) is 5.82 Å². The first-order valence-corrected chi connectivity index (χ1v) is 6.44. The van der Waals surface area contributed by atoms with E-state index in [0.29, 0.717) is 5.57 Å². The first-order valence-electron chi connectivity index (χ1n) is 5.65. The van der Waals surface area contributed by atoms with Crippen molar-refractivity contribution in [1.82, 2.24) is 25.6 Å². The van der Waals surface area contributed by atoms with Crippen LogP contribution in [-0.4, -0.2) is 25.6 Å². The standard InChI is InChI=1S/C12H8BrN7/c13-10-4-9(3-7-1-2-15-11(7)10)16-6-8(5-14)12-17-19-20-18-12/h1-4,6,15-16H,(H,17,18,19,20). The fourth-order valence-corrected chi connectivity index (χ4v) is 2.38. The van der Waals surface area contributed by atoms with E-state index >= 15 is 0 Å². The largest absolute Gasteiger partial charge is 0.360 e. The highest BCUT2D eigenvalue weighted by Crippen LogP contribution is 2.27. The molecule has 0 unspecified atom stereocenters. The quantitative estimate of drug-likeness (QED) is 0.640. The summed E-state index contributed by atoms with van der Waals surface area (Å²) >= 11 is 3.49. The lowest BCUT2D eigenvalue weighted by Gasteiger charge is -2.03. The summed E-state index contributed by atoms with van der Waals surface area (Å²) in [5.41, 5.74) is 2.17.